The third-order valence-corrected chi connectivity index (χ3v) is 9.25. The quantitative estimate of drug-likeness (QED) is 0.523. The van der Waals surface area contributed by atoms with E-state index < -0.39 is 15.9 Å². The first-order chi connectivity index (χ1) is 16.1. The molecule has 7 nitrogen and oxygen atoms in total. The number of halogens is 2. The van der Waals surface area contributed by atoms with Crippen molar-refractivity contribution in [1.29, 1.82) is 0 Å². The fourth-order valence-electron chi connectivity index (χ4n) is 4.62. The molecule has 0 radical (unpaired) electrons. The Labute approximate surface area is 217 Å². The van der Waals surface area contributed by atoms with Gasteiger partial charge in [0.2, 0.25) is 21.8 Å². The number of amides is 2. The molecule has 2 aromatic rings. The fourth-order valence-corrected chi connectivity index (χ4v) is 7.54. The Kier molecular flexibility index (Phi) is 7.52. The molecule has 2 aliphatic rings. The predicted octanol–water partition coefficient (Wildman–Crippen LogP) is 4.86. The third kappa shape index (κ3) is 4.96. The van der Waals surface area contributed by atoms with Gasteiger partial charge in [-0.25, -0.2) is 8.42 Å². The second-order valence-electron chi connectivity index (χ2n) is 8.71. The zero-order chi connectivity index (χ0) is 24.6. The number of carbonyl (C=O) groups is 2. The SMILES string of the molecule is CCC(=O)N1CCc2cc(Br)cc(S(=O)(=O)N3CCC[C@H](C(=O)Nc4ccc(Br)cc4C)C3)c21. The van der Waals surface area contributed by atoms with Crippen LogP contribution in [0.2, 0.25) is 0 Å². The molecule has 0 bridgehead atoms. The molecule has 2 aliphatic heterocycles. The molecule has 34 heavy (non-hydrogen) atoms. The van der Waals surface area contributed by atoms with E-state index in [9.17, 15) is 18.0 Å². The standard InChI is InChI=1S/C24H27Br2N3O4S/c1-3-22(30)29-10-8-16-12-19(26)13-21(23(16)29)34(32,33)28-9-4-5-17(14-28)24(31)27-20-7-6-18(25)11-15(20)2/h6-7,11-13,17H,3-5,8-10,14H2,1-2H3,(H,27,31)/t17-/m0/s1. The summed E-state index contributed by atoms with van der Waals surface area (Å²) in [5.41, 5.74) is 2.96. The van der Waals surface area contributed by atoms with Crippen molar-refractivity contribution in [3.05, 3.63) is 50.4 Å². The number of piperidine rings is 1. The Morgan fingerprint density at radius 2 is 1.88 bits per heavy atom. The van der Waals surface area contributed by atoms with Crippen LogP contribution in [-0.4, -0.2) is 44.2 Å². The Bertz CT molecular complexity index is 1250. The minimum atomic E-state index is -3.91. The highest BCUT2D eigenvalue weighted by Gasteiger charge is 2.38. The summed E-state index contributed by atoms with van der Waals surface area (Å²) < 4.78 is 30.6. The molecule has 0 spiro atoms. The lowest BCUT2D eigenvalue weighted by Gasteiger charge is -2.32. The number of nitrogens with one attached hydrogen (secondary N) is 1. The molecular weight excluding hydrogens is 586 g/mol. The fraction of sp³-hybridized carbons (Fsp3) is 0.417. The predicted molar refractivity (Wildman–Crippen MR) is 139 cm³/mol. The molecule has 10 heteroatoms. The topological polar surface area (TPSA) is 86.8 Å². The van der Waals surface area contributed by atoms with Crippen LogP contribution in [0.15, 0.2) is 44.2 Å². The number of carbonyl (C=O) groups excluding carboxylic acids is 2. The second-order valence-corrected chi connectivity index (χ2v) is 12.4. The average Bonchev–Trinajstić information content (AvgIpc) is 3.23. The van der Waals surface area contributed by atoms with Crippen LogP contribution < -0.4 is 10.2 Å². The highest BCUT2D eigenvalue weighted by Crippen LogP contribution is 2.40. The summed E-state index contributed by atoms with van der Waals surface area (Å²) >= 11 is 6.86. The van der Waals surface area contributed by atoms with Crippen molar-refractivity contribution < 1.29 is 18.0 Å². The molecule has 4 rings (SSSR count). The first-order valence-electron chi connectivity index (χ1n) is 11.3. The van der Waals surface area contributed by atoms with E-state index in [0.29, 0.717) is 54.6 Å². The number of nitrogens with zero attached hydrogens (tertiary/aromatic N) is 2. The normalized spacial score (nSPS) is 18.6. The maximum absolute atomic E-state index is 13.8. The third-order valence-electron chi connectivity index (χ3n) is 6.42. The van der Waals surface area contributed by atoms with Gasteiger partial charge in [-0.2, -0.15) is 4.31 Å². The maximum Gasteiger partial charge on any atom is 0.245 e. The summed E-state index contributed by atoms with van der Waals surface area (Å²) in [5.74, 6) is -0.744. The number of hydrogen-bond acceptors (Lipinski definition) is 4. The van der Waals surface area contributed by atoms with E-state index in [1.165, 1.54) is 4.31 Å². The van der Waals surface area contributed by atoms with Gasteiger partial charge >= 0.3 is 0 Å². The van der Waals surface area contributed by atoms with Crippen LogP contribution in [0, 0.1) is 12.8 Å². The molecule has 1 N–H and O–H groups in total. The van der Waals surface area contributed by atoms with Crippen LogP contribution in [0.25, 0.3) is 0 Å². The number of anilines is 2. The molecule has 2 heterocycles. The summed E-state index contributed by atoms with van der Waals surface area (Å²) in [6, 6.07) is 9.06. The molecule has 0 unspecified atom stereocenters. The average molecular weight is 613 g/mol. The molecule has 2 amide bonds. The van der Waals surface area contributed by atoms with Gasteiger partial charge in [0.1, 0.15) is 4.90 Å². The first kappa shape index (κ1) is 25.3. The van der Waals surface area contributed by atoms with Crippen molar-refractivity contribution in [2.24, 2.45) is 5.92 Å². The molecule has 1 saturated heterocycles. The van der Waals surface area contributed by atoms with Crippen LogP contribution in [-0.2, 0) is 26.0 Å². The molecule has 1 fully saturated rings. The Balaban J connectivity index is 1.60. The molecule has 0 aromatic heterocycles. The minimum absolute atomic E-state index is 0.0988. The van der Waals surface area contributed by atoms with Crippen molar-refractivity contribution in [3.63, 3.8) is 0 Å². The zero-order valence-corrected chi connectivity index (χ0v) is 23.1. The van der Waals surface area contributed by atoms with Crippen LogP contribution >= 0.6 is 31.9 Å². The Morgan fingerprint density at radius 1 is 1.12 bits per heavy atom. The van der Waals surface area contributed by atoms with Crippen molar-refractivity contribution >= 4 is 65.1 Å². The largest absolute Gasteiger partial charge is 0.326 e. The van der Waals surface area contributed by atoms with Gasteiger partial charge in [-0.05, 0) is 67.6 Å². The minimum Gasteiger partial charge on any atom is -0.326 e. The number of sulfonamides is 1. The second kappa shape index (κ2) is 10.1. The van der Waals surface area contributed by atoms with Gasteiger partial charge < -0.3 is 10.2 Å². The van der Waals surface area contributed by atoms with Crippen LogP contribution in [0.4, 0.5) is 11.4 Å². The smallest absolute Gasteiger partial charge is 0.245 e. The van der Waals surface area contributed by atoms with Crippen LogP contribution in [0.5, 0.6) is 0 Å². The lowest BCUT2D eigenvalue weighted by molar-refractivity contribution is -0.121. The zero-order valence-electron chi connectivity index (χ0n) is 19.1. The van der Waals surface area contributed by atoms with Crippen molar-refractivity contribution in [2.45, 2.75) is 44.4 Å². The summed E-state index contributed by atoms with van der Waals surface area (Å²) in [7, 11) is -3.91. The van der Waals surface area contributed by atoms with E-state index in [2.05, 4.69) is 37.2 Å². The van der Waals surface area contributed by atoms with Crippen molar-refractivity contribution in [3.8, 4) is 0 Å². The lowest BCUT2D eigenvalue weighted by Crippen LogP contribution is -2.44. The summed E-state index contributed by atoms with van der Waals surface area (Å²) in [5, 5.41) is 2.96. The summed E-state index contributed by atoms with van der Waals surface area (Å²) in [4.78, 5) is 27.3. The number of rotatable bonds is 5. The van der Waals surface area contributed by atoms with E-state index >= 15 is 0 Å². The first-order valence-corrected chi connectivity index (χ1v) is 14.3. The van der Waals surface area contributed by atoms with E-state index in [1.807, 2.05) is 31.2 Å². The van der Waals surface area contributed by atoms with E-state index in [1.54, 1.807) is 17.9 Å². The van der Waals surface area contributed by atoms with Gasteiger partial charge in [-0.3, -0.25) is 9.59 Å². The van der Waals surface area contributed by atoms with E-state index in [4.69, 9.17) is 0 Å². The number of hydrogen-bond donors (Lipinski definition) is 1. The van der Waals surface area contributed by atoms with Crippen molar-refractivity contribution in [1.82, 2.24) is 4.31 Å². The molecule has 0 aliphatic carbocycles. The van der Waals surface area contributed by atoms with Gasteiger partial charge in [0.25, 0.3) is 0 Å². The number of aryl methyl sites for hydroxylation is 1. The van der Waals surface area contributed by atoms with Crippen LogP contribution in [0.3, 0.4) is 0 Å². The molecular formula is C24H27Br2N3O4S. The van der Waals surface area contributed by atoms with Crippen molar-refractivity contribution in [2.75, 3.05) is 29.9 Å². The van der Waals surface area contributed by atoms with Gasteiger partial charge in [0.05, 0.1) is 11.6 Å². The van der Waals surface area contributed by atoms with E-state index in [0.717, 1.165) is 15.6 Å². The van der Waals surface area contributed by atoms with E-state index in [-0.39, 0.29) is 23.3 Å². The van der Waals surface area contributed by atoms with Gasteiger partial charge in [0.15, 0.2) is 0 Å². The molecule has 0 saturated carbocycles. The van der Waals surface area contributed by atoms with Gasteiger partial charge in [-0.15, -0.1) is 0 Å². The van der Waals surface area contributed by atoms with Crippen LogP contribution in [0.1, 0.15) is 37.3 Å². The Hall–Kier alpha value is -1.75. The highest BCUT2D eigenvalue weighted by atomic mass is 79.9. The Morgan fingerprint density at radius 3 is 2.59 bits per heavy atom. The summed E-state index contributed by atoms with van der Waals surface area (Å²) in [6.07, 6.45) is 2.12. The number of fused-ring (bicyclic) bond motifs is 1. The van der Waals surface area contributed by atoms with Gasteiger partial charge in [0, 0.05) is 40.7 Å². The van der Waals surface area contributed by atoms with Gasteiger partial charge in [-0.1, -0.05) is 38.8 Å². The number of benzene rings is 2. The molecule has 1 atom stereocenters. The lowest BCUT2D eigenvalue weighted by atomic mass is 9.98. The molecule has 182 valence electrons. The molecule has 2 aromatic carbocycles. The monoisotopic (exact) mass is 611 g/mol. The highest BCUT2D eigenvalue weighted by molar-refractivity contribution is 9.10. The summed E-state index contributed by atoms with van der Waals surface area (Å²) in [6.45, 7) is 4.60. The maximum atomic E-state index is 13.8.